The highest BCUT2D eigenvalue weighted by atomic mass is 15.5. The van der Waals surface area contributed by atoms with Crippen molar-refractivity contribution in [2.75, 3.05) is 0 Å². The van der Waals surface area contributed by atoms with Gasteiger partial charge in [0.2, 0.25) is 0 Å². The van der Waals surface area contributed by atoms with Gasteiger partial charge in [-0.15, -0.1) is 0 Å². The Kier molecular flexibility index (Phi) is 3.54. The summed E-state index contributed by atoms with van der Waals surface area (Å²) in [5.41, 5.74) is 18.3. The fraction of sp³-hybridized carbons (Fsp3) is 1.00. The van der Waals surface area contributed by atoms with Gasteiger partial charge in [-0.1, -0.05) is 57.8 Å². The highest BCUT2D eigenvalue weighted by Crippen LogP contribution is 3.46. The zero-order chi connectivity index (χ0) is 48.8. The predicted molar refractivity (Wildman–Crippen MR) is 292 cm³/mol. The van der Waals surface area contributed by atoms with E-state index in [0.29, 0.717) is 0 Å². The molecule has 0 heteroatoms. The summed E-state index contributed by atoms with van der Waals surface area (Å²) in [5, 5.41) is 0. The average Bonchev–Trinajstić information content (AvgIpc) is 0.480. The van der Waals surface area contributed by atoms with E-state index >= 15 is 0 Å². The van der Waals surface area contributed by atoms with Crippen LogP contribution in [-0.4, -0.2) is 0 Å². The minimum atomic E-state index is 0.984. The summed E-state index contributed by atoms with van der Waals surface area (Å²) >= 11 is 0. The number of rotatable bonds is 0. The smallest absolute Gasteiger partial charge is 0.00509 e. The topological polar surface area (TPSA) is 0 Å². The third kappa shape index (κ3) is 1.54. The molecule has 82 heavy (non-hydrogen) atoms. The lowest BCUT2D eigenvalue weighted by atomic mass is 8.60. The van der Waals surface area contributed by atoms with E-state index in [-0.39, 0.29) is 0 Å². The quantitative estimate of drug-likeness (QED) is 0.227. The maximum atomic E-state index is 1.90. The molecule has 18 spiro atoms. The minimum absolute atomic E-state index is 0.984. The third-order valence-electron chi connectivity index (χ3n) is 54.8. The van der Waals surface area contributed by atoms with Gasteiger partial charge in [0.1, 0.15) is 0 Å². The molecule has 40 rings (SSSR count). The first kappa shape index (κ1) is 36.7. The van der Waals surface area contributed by atoms with Gasteiger partial charge in [0, 0.05) is 0 Å². The van der Waals surface area contributed by atoms with Crippen LogP contribution in [0.2, 0.25) is 0 Å². The van der Waals surface area contributed by atoms with Crippen LogP contribution in [0.4, 0.5) is 0 Å². The molecule has 60 unspecified atom stereocenters. The average molecular weight is 1070 g/mol. The molecule has 40 saturated carbocycles. The Balaban J connectivity index is 0.607. The SMILES string of the molecule is C1CCCCC2CC3CC4CCC(CCC1)CC1C5C6C7CCC8CC9CC(CC%10C%11CC%12C%13C%14C%15C%16C%17CC%18C(C7)C7C%19C%16(C%18%177)C%157C%19%15C8C8C9C9%16C%10C%11%12C%139C%147C8%16%15)C7C8C(C2)C2C89C7C7C8C%10C%11C6C56C1C1C%116C%105C16C4C1C3C23C79C85C136. The maximum absolute atomic E-state index is 1.90. The van der Waals surface area contributed by atoms with Crippen molar-refractivity contribution in [3.63, 3.8) is 0 Å². The van der Waals surface area contributed by atoms with E-state index in [1.54, 1.807) is 70.6 Å². The first-order chi connectivity index (χ1) is 40.7. The van der Waals surface area contributed by atoms with Crippen molar-refractivity contribution >= 4 is 0 Å². The Hall–Kier alpha value is 0. The normalized spacial score (nSPS) is 104. The standard InChI is InChI=1S/C82H86/c1-2-4-6-8-24-13-29-16-26-10-9-23(7-5-3-1)14-33-45-39-25-11-12-27-17-30-18-28(40-46-34(15-24)62-68(46)52(40)58-60-59-53-51(39)67(45)48(33)64-70(53,67)78(59)74(64)41(26)54-43(29)72(62)76(58,68)82(60,78)80(54,72)74)20-32-36-22-38-50-57-56-49-37-21-35-31(19-25)47-63-69(49,65(35,37)47)77(56)73(63)42(27)55-44(30)71-61(32)66(36,38)75(50,71)81(57,77)79(55,71)73/h23-64H,1-22H2. The highest BCUT2D eigenvalue weighted by Gasteiger charge is 3.45. The molecule has 0 N–H and O–H groups in total. The van der Waals surface area contributed by atoms with Crippen LogP contribution in [0.5, 0.6) is 0 Å². The van der Waals surface area contributed by atoms with Crippen molar-refractivity contribution in [1.29, 1.82) is 0 Å². The Labute approximate surface area is 484 Å². The van der Waals surface area contributed by atoms with Crippen LogP contribution in [0.1, 0.15) is 141 Å². The van der Waals surface area contributed by atoms with Crippen molar-refractivity contribution in [2.24, 2.45) is 346 Å². The van der Waals surface area contributed by atoms with E-state index in [9.17, 15) is 0 Å². The van der Waals surface area contributed by atoms with Crippen LogP contribution in [0.15, 0.2) is 0 Å². The summed E-state index contributed by atoms with van der Waals surface area (Å²) in [6.45, 7) is 0. The lowest BCUT2D eigenvalue weighted by molar-refractivity contribution is -0.978. The van der Waals surface area contributed by atoms with Gasteiger partial charge in [-0.05, 0) is 429 Å². The second-order valence-corrected chi connectivity index (χ2v) is 46.6. The van der Waals surface area contributed by atoms with E-state index in [4.69, 9.17) is 0 Å². The van der Waals surface area contributed by atoms with Gasteiger partial charge in [-0.2, -0.15) is 0 Å². The van der Waals surface area contributed by atoms with Crippen LogP contribution < -0.4 is 0 Å². The fourth-order valence-electron chi connectivity index (χ4n) is 63.5. The van der Waals surface area contributed by atoms with Crippen LogP contribution in [0, 0.1) is 346 Å². The molecule has 40 aliphatic carbocycles. The molecule has 414 valence electrons. The summed E-state index contributed by atoms with van der Waals surface area (Å²) in [5.74, 6) is 54.5. The molecule has 0 aromatic carbocycles. The Bertz CT molecular complexity index is 4100. The van der Waals surface area contributed by atoms with Crippen molar-refractivity contribution in [3.05, 3.63) is 0 Å². The summed E-state index contributed by atoms with van der Waals surface area (Å²) < 4.78 is 0. The van der Waals surface area contributed by atoms with Crippen LogP contribution in [0.3, 0.4) is 0 Å². The largest absolute Gasteiger partial charge is 0.0533 e. The molecule has 0 amide bonds. The third-order valence-corrected chi connectivity index (χ3v) is 54.8. The fourth-order valence-corrected chi connectivity index (χ4v) is 63.5. The van der Waals surface area contributed by atoms with Crippen molar-refractivity contribution < 1.29 is 0 Å². The summed E-state index contributed by atoms with van der Waals surface area (Å²) in [7, 11) is 0. The van der Waals surface area contributed by atoms with E-state index in [0.717, 1.165) is 109 Å². The lowest BCUT2D eigenvalue weighted by Crippen LogP contribution is -3.41. The van der Waals surface area contributed by atoms with Gasteiger partial charge in [0.05, 0.1) is 0 Å². The van der Waals surface area contributed by atoms with Crippen LogP contribution >= 0.6 is 0 Å². The van der Waals surface area contributed by atoms with Crippen molar-refractivity contribution in [1.82, 2.24) is 0 Å². The lowest BCUT2D eigenvalue weighted by Gasteiger charge is -3.43. The van der Waals surface area contributed by atoms with E-state index in [2.05, 4.69) is 0 Å². The number of fused-ring (bicyclic) bond motifs is 19. The molecule has 0 nitrogen and oxygen atoms in total. The monoisotopic (exact) mass is 1070 g/mol. The second kappa shape index (κ2) is 7.91. The molecule has 0 saturated heterocycles. The zero-order valence-electron chi connectivity index (χ0n) is 48.8. The number of hydrogen-bond donors (Lipinski definition) is 0. The molecule has 0 aromatic rings. The molecule has 0 aromatic heterocycles. The number of hydrogen-bond acceptors (Lipinski definition) is 0. The highest BCUT2D eigenvalue weighted by molar-refractivity contribution is 5.90. The zero-order valence-corrected chi connectivity index (χ0v) is 48.8. The molecule has 8 bridgehead atoms. The first-order valence-corrected chi connectivity index (χ1v) is 40.7. The van der Waals surface area contributed by atoms with Gasteiger partial charge in [0.15, 0.2) is 0 Å². The molecule has 0 aliphatic heterocycles. The van der Waals surface area contributed by atoms with Gasteiger partial charge in [-0.25, -0.2) is 0 Å². The Morgan fingerprint density at radius 1 is 0.195 bits per heavy atom. The molecular weight excluding hydrogens is 985 g/mol. The Morgan fingerprint density at radius 3 is 1.52 bits per heavy atom. The molecule has 40 aliphatic rings. The molecule has 0 radical (unpaired) electrons. The second-order valence-electron chi connectivity index (χ2n) is 46.6. The minimum Gasteiger partial charge on any atom is -0.0533 e. The van der Waals surface area contributed by atoms with E-state index in [1.165, 1.54) is 237 Å². The summed E-state index contributed by atoms with van der Waals surface area (Å²) in [4.78, 5) is 0. The predicted octanol–water partition coefficient (Wildman–Crippen LogP) is 13.7. The first-order valence-electron chi connectivity index (χ1n) is 40.7. The molecular formula is C82H86. The van der Waals surface area contributed by atoms with Gasteiger partial charge < -0.3 is 0 Å². The van der Waals surface area contributed by atoms with Gasteiger partial charge >= 0.3 is 0 Å². The summed E-state index contributed by atoms with van der Waals surface area (Å²) in [6, 6.07) is 0. The Morgan fingerprint density at radius 2 is 0.707 bits per heavy atom. The summed E-state index contributed by atoms with van der Waals surface area (Å²) in [6.07, 6.45) is 38.7. The maximum Gasteiger partial charge on any atom is -0.00509 e. The molecule has 60 atom stereocenters. The van der Waals surface area contributed by atoms with Gasteiger partial charge in [0.25, 0.3) is 0 Å². The van der Waals surface area contributed by atoms with Crippen molar-refractivity contribution in [2.45, 2.75) is 141 Å². The van der Waals surface area contributed by atoms with Crippen LogP contribution in [-0.2, 0) is 0 Å². The van der Waals surface area contributed by atoms with E-state index < -0.39 is 0 Å². The van der Waals surface area contributed by atoms with E-state index in [1.807, 2.05) is 70.6 Å². The van der Waals surface area contributed by atoms with Crippen LogP contribution in [0.25, 0.3) is 0 Å². The molecule has 40 fully saturated rings. The van der Waals surface area contributed by atoms with Gasteiger partial charge in [-0.3, -0.25) is 0 Å². The molecule has 0 heterocycles. The van der Waals surface area contributed by atoms with Crippen molar-refractivity contribution in [3.8, 4) is 0 Å².